The van der Waals surface area contributed by atoms with Gasteiger partial charge in [0.15, 0.2) is 5.96 Å². The van der Waals surface area contributed by atoms with Gasteiger partial charge in [-0.15, -0.1) is 24.0 Å². The van der Waals surface area contributed by atoms with E-state index in [1.807, 2.05) is 26.0 Å². The largest absolute Gasteiger partial charge is 0.444 e. The number of halogens is 1. The Kier molecular flexibility index (Phi) is 8.39. The highest BCUT2D eigenvalue weighted by molar-refractivity contribution is 14.0. The molecule has 0 aliphatic rings. The van der Waals surface area contributed by atoms with Gasteiger partial charge in [-0.1, -0.05) is 12.1 Å². The van der Waals surface area contributed by atoms with Crippen LogP contribution in [0.5, 0.6) is 0 Å². The number of benzene rings is 1. The molecule has 2 rings (SSSR count). The van der Waals surface area contributed by atoms with Crippen molar-refractivity contribution in [2.45, 2.75) is 26.9 Å². The average molecular weight is 457 g/mol. The Labute approximate surface area is 164 Å². The number of nitrogens with zero attached hydrogens (tertiary/aromatic N) is 2. The summed E-state index contributed by atoms with van der Waals surface area (Å²) in [5.74, 6) is 2.01. The van der Waals surface area contributed by atoms with Gasteiger partial charge in [-0.3, -0.25) is 9.79 Å². The third-order valence-corrected chi connectivity index (χ3v) is 3.61. The Bertz CT molecular complexity index is 706. The fraction of sp³-hybridized carbons (Fsp3) is 0.353. The number of aliphatic imine (C=N–C) groups is 1. The van der Waals surface area contributed by atoms with Gasteiger partial charge in [0.25, 0.3) is 5.91 Å². The molecule has 0 spiro atoms. The van der Waals surface area contributed by atoms with Crippen molar-refractivity contribution >= 4 is 35.8 Å². The van der Waals surface area contributed by atoms with Gasteiger partial charge in [0.05, 0.1) is 12.2 Å². The zero-order valence-corrected chi connectivity index (χ0v) is 17.2. The van der Waals surface area contributed by atoms with Crippen molar-refractivity contribution in [2.75, 3.05) is 14.1 Å². The van der Waals surface area contributed by atoms with E-state index < -0.39 is 0 Å². The van der Waals surface area contributed by atoms with Crippen LogP contribution in [0.4, 0.5) is 0 Å². The molecule has 1 aromatic carbocycles. The summed E-state index contributed by atoms with van der Waals surface area (Å²) in [5.41, 5.74) is 2.58. The lowest BCUT2D eigenvalue weighted by Crippen LogP contribution is -2.36. The van der Waals surface area contributed by atoms with E-state index in [1.165, 1.54) is 0 Å². The van der Waals surface area contributed by atoms with Crippen LogP contribution >= 0.6 is 24.0 Å². The van der Waals surface area contributed by atoms with Gasteiger partial charge < -0.3 is 20.4 Å². The maximum absolute atomic E-state index is 11.5. The number of oxazole rings is 1. The molecular formula is C17H24IN5O2. The first-order valence-corrected chi connectivity index (χ1v) is 7.72. The Hall–Kier alpha value is -2.10. The highest BCUT2D eigenvalue weighted by atomic mass is 127. The molecule has 0 saturated carbocycles. The van der Waals surface area contributed by atoms with Crippen molar-refractivity contribution in [3.05, 3.63) is 52.7 Å². The lowest BCUT2D eigenvalue weighted by Gasteiger charge is -2.11. The minimum absolute atomic E-state index is 0. The molecule has 2 aromatic rings. The van der Waals surface area contributed by atoms with E-state index in [0.717, 1.165) is 17.0 Å². The Morgan fingerprint density at radius 1 is 1.16 bits per heavy atom. The number of hydrogen-bond donors (Lipinski definition) is 3. The predicted molar refractivity (Wildman–Crippen MR) is 108 cm³/mol. The molecule has 0 aliphatic heterocycles. The minimum Gasteiger partial charge on any atom is -0.444 e. The standard InChI is InChI=1S/C17H23N5O2.HI/c1-11-12(2)24-15(22-11)10-21-17(19-4)20-9-13-5-7-14(8-6-13)16(23)18-3;/h5-8H,9-10H2,1-4H3,(H,18,23)(H2,19,20,21);1H. The Morgan fingerprint density at radius 3 is 2.32 bits per heavy atom. The lowest BCUT2D eigenvalue weighted by atomic mass is 10.1. The molecule has 7 nitrogen and oxygen atoms in total. The van der Waals surface area contributed by atoms with Crippen molar-refractivity contribution in [1.29, 1.82) is 0 Å². The first-order valence-electron chi connectivity index (χ1n) is 7.72. The maximum atomic E-state index is 11.5. The second-order valence-corrected chi connectivity index (χ2v) is 5.30. The SMILES string of the molecule is CN=C(NCc1ccc(C(=O)NC)cc1)NCc1nc(C)c(C)o1.I. The van der Waals surface area contributed by atoms with E-state index >= 15 is 0 Å². The van der Waals surface area contributed by atoms with E-state index in [2.05, 4.69) is 25.9 Å². The Morgan fingerprint density at radius 2 is 1.80 bits per heavy atom. The summed E-state index contributed by atoms with van der Waals surface area (Å²) in [6.07, 6.45) is 0. The number of carbonyl (C=O) groups is 1. The summed E-state index contributed by atoms with van der Waals surface area (Å²) in [4.78, 5) is 20.0. The van der Waals surface area contributed by atoms with Gasteiger partial charge in [0, 0.05) is 26.2 Å². The zero-order valence-electron chi connectivity index (χ0n) is 14.8. The summed E-state index contributed by atoms with van der Waals surface area (Å²) in [7, 11) is 3.32. The van der Waals surface area contributed by atoms with E-state index in [-0.39, 0.29) is 29.9 Å². The monoisotopic (exact) mass is 457 g/mol. The normalized spacial score (nSPS) is 10.8. The molecule has 0 radical (unpaired) electrons. The first kappa shape index (κ1) is 20.9. The molecule has 0 fully saturated rings. The second-order valence-electron chi connectivity index (χ2n) is 5.30. The van der Waals surface area contributed by atoms with Crippen LogP contribution < -0.4 is 16.0 Å². The number of rotatable bonds is 5. The van der Waals surface area contributed by atoms with E-state index in [0.29, 0.717) is 30.5 Å². The fourth-order valence-electron chi connectivity index (χ4n) is 2.10. The summed E-state index contributed by atoms with van der Waals surface area (Å²) >= 11 is 0. The molecule has 0 bridgehead atoms. The highest BCUT2D eigenvalue weighted by Crippen LogP contribution is 2.07. The second kappa shape index (κ2) is 10.0. The summed E-state index contributed by atoms with van der Waals surface area (Å²) in [5, 5.41) is 8.96. The molecule has 25 heavy (non-hydrogen) atoms. The highest BCUT2D eigenvalue weighted by Gasteiger charge is 2.07. The zero-order chi connectivity index (χ0) is 17.5. The van der Waals surface area contributed by atoms with Crippen LogP contribution in [0.1, 0.15) is 33.3 Å². The smallest absolute Gasteiger partial charge is 0.251 e. The van der Waals surface area contributed by atoms with Crippen molar-refractivity contribution < 1.29 is 9.21 Å². The minimum atomic E-state index is -0.0940. The molecule has 0 aliphatic carbocycles. The van der Waals surface area contributed by atoms with E-state index in [1.54, 1.807) is 26.2 Å². The summed E-state index contributed by atoms with van der Waals surface area (Å²) < 4.78 is 5.52. The first-order chi connectivity index (χ1) is 11.5. The van der Waals surface area contributed by atoms with Crippen molar-refractivity contribution in [2.24, 2.45) is 4.99 Å². The third-order valence-electron chi connectivity index (χ3n) is 3.61. The number of aromatic nitrogens is 1. The van der Waals surface area contributed by atoms with Crippen molar-refractivity contribution in [3.8, 4) is 0 Å². The van der Waals surface area contributed by atoms with Crippen LogP contribution in [0, 0.1) is 13.8 Å². The van der Waals surface area contributed by atoms with Crippen LogP contribution in [0.3, 0.4) is 0 Å². The van der Waals surface area contributed by atoms with Crippen LogP contribution in [0.2, 0.25) is 0 Å². The molecule has 136 valence electrons. The van der Waals surface area contributed by atoms with Crippen LogP contribution in [-0.2, 0) is 13.1 Å². The summed E-state index contributed by atoms with van der Waals surface area (Å²) in [6.45, 7) is 4.86. The van der Waals surface area contributed by atoms with E-state index in [4.69, 9.17) is 4.42 Å². The molecule has 3 N–H and O–H groups in total. The lowest BCUT2D eigenvalue weighted by molar-refractivity contribution is 0.0963. The van der Waals surface area contributed by atoms with E-state index in [9.17, 15) is 4.79 Å². The van der Waals surface area contributed by atoms with Crippen LogP contribution in [0.25, 0.3) is 0 Å². The molecule has 0 atom stereocenters. The molecular weight excluding hydrogens is 433 g/mol. The number of guanidine groups is 1. The maximum Gasteiger partial charge on any atom is 0.251 e. The molecule has 1 aromatic heterocycles. The van der Waals surface area contributed by atoms with Gasteiger partial charge in [-0.2, -0.15) is 0 Å². The number of carbonyl (C=O) groups excluding carboxylic acids is 1. The third kappa shape index (κ3) is 6.04. The average Bonchev–Trinajstić information content (AvgIpc) is 2.93. The predicted octanol–water partition coefficient (Wildman–Crippen LogP) is 2.13. The Balaban J connectivity index is 0.00000312. The molecule has 1 heterocycles. The molecule has 0 saturated heterocycles. The van der Waals surface area contributed by atoms with Gasteiger partial charge in [0.2, 0.25) is 5.89 Å². The fourth-order valence-corrected chi connectivity index (χ4v) is 2.10. The van der Waals surface area contributed by atoms with Gasteiger partial charge in [-0.25, -0.2) is 4.98 Å². The van der Waals surface area contributed by atoms with Gasteiger partial charge >= 0.3 is 0 Å². The van der Waals surface area contributed by atoms with Crippen molar-refractivity contribution in [1.82, 2.24) is 20.9 Å². The molecule has 8 heteroatoms. The quantitative estimate of drug-likeness (QED) is 0.364. The number of amides is 1. The van der Waals surface area contributed by atoms with Gasteiger partial charge in [-0.05, 0) is 31.5 Å². The number of aryl methyl sites for hydroxylation is 2. The number of hydrogen-bond acceptors (Lipinski definition) is 4. The topological polar surface area (TPSA) is 91.5 Å². The van der Waals surface area contributed by atoms with Crippen LogP contribution in [0.15, 0.2) is 33.7 Å². The molecule has 1 amide bonds. The van der Waals surface area contributed by atoms with Crippen LogP contribution in [-0.4, -0.2) is 30.9 Å². The summed E-state index contributed by atoms with van der Waals surface area (Å²) in [6, 6.07) is 7.41. The molecule has 0 unspecified atom stereocenters. The van der Waals surface area contributed by atoms with Gasteiger partial charge in [0.1, 0.15) is 5.76 Å². The number of nitrogens with one attached hydrogen (secondary N) is 3. The van der Waals surface area contributed by atoms with Crippen molar-refractivity contribution in [3.63, 3.8) is 0 Å².